The first-order valence-corrected chi connectivity index (χ1v) is 8.65. The van der Waals surface area contributed by atoms with Crippen LogP contribution in [-0.4, -0.2) is 31.1 Å². The van der Waals surface area contributed by atoms with Crippen LogP contribution in [0, 0.1) is 10.1 Å². The van der Waals surface area contributed by atoms with Gasteiger partial charge in [-0.2, -0.15) is 0 Å². The highest BCUT2D eigenvalue weighted by atomic mass is 79.9. The minimum atomic E-state index is -4.06. The number of rotatable bonds is 7. The van der Waals surface area contributed by atoms with Gasteiger partial charge in [-0.3, -0.25) is 10.1 Å². The number of hydrogen-bond donors (Lipinski definition) is 2. The van der Waals surface area contributed by atoms with Crippen molar-refractivity contribution in [3.63, 3.8) is 0 Å². The first-order valence-electron chi connectivity index (χ1n) is 6.00. The van der Waals surface area contributed by atoms with Crippen molar-refractivity contribution in [2.75, 3.05) is 6.54 Å². The Labute approximate surface area is 135 Å². The SMILES string of the molecule is CCC[C@@H](O)CNS(=O)(=O)c1cc([N+](=O)[O-])cc(Br)c1Cl. The summed E-state index contributed by atoms with van der Waals surface area (Å²) in [5.41, 5.74) is -0.402. The molecule has 10 heteroatoms. The van der Waals surface area contributed by atoms with E-state index < -0.39 is 31.6 Å². The molecule has 0 unspecified atom stereocenters. The van der Waals surface area contributed by atoms with Gasteiger partial charge in [0.1, 0.15) is 4.90 Å². The van der Waals surface area contributed by atoms with E-state index >= 15 is 0 Å². The molecule has 1 atom stereocenters. The van der Waals surface area contributed by atoms with E-state index in [1.165, 1.54) is 0 Å². The van der Waals surface area contributed by atoms with Crippen LogP contribution >= 0.6 is 27.5 Å². The third-order valence-electron chi connectivity index (χ3n) is 2.61. The van der Waals surface area contributed by atoms with E-state index in [0.29, 0.717) is 12.8 Å². The van der Waals surface area contributed by atoms with E-state index in [4.69, 9.17) is 11.6 Å². The summed E-state index contributed by atoms with van der Waals surface area (Å²) in [6.45, 7) is 1.67. The Morgan fingerprint density at radius 1 is 1.52 bits per heavy atom. The molecule has 0 amide bonds. The summed E-state index contributed by atoms with van der Waals surface area (Å²) < 4.78 is 26.6. The summed E-state index contributed by atoms with van der Waals surface area (Å²) in [5.74, 6) is 0. The lowest BCUT2D eigenvalue weighted by Gasteiger charge is -2.12. The number of nitrogens with zero attached hydrogens (tertiary/aromatic N) is 1. The lowest BCUT2D eigenvalue weighted by molar-refractivity contribution is -0.385. The molecular weight excluding hydrogens is 388 g/mol. The molecule has 0 saturated heterocycles. The average molecular weight is 402 g/mol. The van der Waals surface area contributed by atoms with Gasteiger partial charge in [0.15, 0.2) is 0 Å². The number of aliphatic hydroxyl groups is 1. The molecule has 21 heavy (non-hydrogen) atoms. The molecule has 0 aliphatic heterocycles. The maximum Gasteiger partial charge on any atom is 0.272 e. The highest BCUT2D eigenvalue weighted by molar-refractivity contribution is 9.10. The molecule has 0 aliphatic rings. The van der Waals surface area contributed by atoms with Crippen molar-refractivity contribution in [1.82, 2.24) is 4.72 Å². The first-order chi connectivity index (χ1) is 9.69. The van der Waals surface area contributed by atoms with E-state index in [2.05, 4.69) is 20.7 Å². The number of halogens is 2. The largest absolute Gasteiger partial charge is 0.392 e. The van der Waals surface area contributed by atoms with Gasteiger partial charge in [0.25, 0.3) is 5.69 Å². The number of hydrogen-bond acceptors (Lipinski definition) is 5. The monoisotopic (exact) mass is 400 g/mol. The highest BCUT2D eigenvalue weighted by Crippen LogP contribution is 2.33. The van der Waals surface area contributed by atoms with Gasteiger partial charge in [0.2, 0.25) is 10.0 Å². The van der Waals surface area contributed by atoms with Crippen LogP contribution in [0.4, 0.5) is 5.69 Å². The Morgan fingerprint density at radius 2 is 2.14 bits per heavy atom. The Morgan fingerprint density at radius 3 is 2.67 bits per heavy atom. The van der Waals surface area contributed by atoms with Crippen molar-refractivity contribution in [2.24, 2.45) is 0 Å². The van der Waals surface area contributed by atoms with Gasteiger partial charge in [-0.25, -0.2) is 13.1 Å². The number of benzene rings is 1. The molecule has 0 radical (unpaired) electrons. The third kappa shape index (κ3) is 4.89. The second-order valence-electron chi connectivity index (χ2n) is 4.29. The topological polar surface area (TPSA) is 110 Å². The maximum atomic E-state index is 12.1. The van der Waals surface area contributed by atoms with Gasteiger partial charge >= 0.3 is 0 Å². The van der Waals surface area contributed by atoms with E-state index in [9.17, 15) is 23.6 Å². The number of nitro groups is 1. The minimum Gasteiger partial charge on any atom is -0.392 e. The number of sulfonamides is 1. The lowest BCUT2D eigenvalue weighted by atomic mass is 10.2. The van der Waals surface area contributed by atoms with Gasteiger partial charge < -0.3 is 5.11 Å². The number of non-ortho nitro benzene ring substituents is 1. The molecule has 2 N–H and O–H groups in total. The van der Waals surface area contributed by atoms with Crippen LogP contribution in [0.15, 0.2) is 21.5 Å². The van der Waals surface area contributed by atoms with Crippen LogP contribution in [-0.2, 0) is 10.0 Å². The molecule has 118 valence electrons. The normalized spacial score (nSPS) is 13.1. The Balaban J connectivity index is 3.10. The summed E-state index contributed by atoms with van der Waals surface area (Å²) in [7, 11) is -4.06. The fraction of sp³-hybridized carbons (Fsp3) is 0.455. The predicted octanol–water partition coefficient (Wildman–Crippen LogP) is 2.45. The van der Waals surface area contributed by atoms with Crippen LogP contribution in [0.25, 0.3) is 0 Å². The Bertz CT molecular complexity index is 638. The van der Waals surface area contributed by atoms with Crippen molar-refractivity contribution in [3.05, 3.63) is 31.7 Å². The van der Waals surface area contributed by atoms with Crippen LogP contribution in [0.5, 0.6) is 0 Å². The Hall–Kier alpha value is -0.740. The van der Waals surface area contributed by atoms with Crippen LogP contribution in [0.1, 0.15) is 19.8 Å². The number of aliphatic hydroxyl groups excluding tert-OH is 1. The van der Waals surface area contributed by atoms with Crippen molar-refractivity contribution in [3.8, 4) is 0 Å². The standard InChI is InChI=1S/C11H14BrClN2O5S/c1-2-3-8(16)6-14-21(19,20)10-5-7(15(17)18)4-9(12)11(10)13/h4-5,8,14,16H,2-3,6H2,1H3/t8-/m1/s1. The molecular formula is C11H14BrClN2O5S. The van der Waals surface area contributed by atoms with E-state index in [1.807, 2.05) is 6.92 Å². The van der Waals surface area contributed by atoms with Gasteiger partial charge in [-0.05, 0) is 22.4 Å². The van der Waals surface area contributed by atoms with E-state index in [0.717, 1.165) is 12.1 Å². The predicted molar refractivity (Wildman–Crippen MR) is 81.9 cm³/mol. The molecule has 0 bridgehead atoms. The molecule has 0 aromatic heterocycles. The van der Waals surface area contributed by atoms with Gasteiger partial charge in [0.05, 0.1) is 16.0 Å². The number of nitrogens with one attached hydrogen (secondary N) is 1. The summed E-state index contributed by atoms with van der Waals surface area (Å²) >= 11 is 8.86. The van der Waals surface area contributed by atoms with Crippen LogP contribution in [0.2, 0.25) is 5.02 Å². The zero-order chi connectivity index (χ0) is 16.2. The molecule has 0 saturated carbocycles. The van der Waals surface area contributed by atoms with Crippen LogP contribution < -0.4 is 4.72 Å². The van der Waals surface area contributed by atoms with Gasteiger partial charge in [-0.1, -0.05) is 24.9 Å². The second kappa shape index (κ2) is 7.50. The Kier molecular flexibility index (Phi) is 6.54. The van der Waals surface area contributed by atoms with Gasteiger partial charge in [0, 0.05) is 23.2 Å². The number of nitro benzene ring substituents is 1. The fourth-order valence-electron chi connectivity index (χ4n) is 1.57. The molecule has 1 aromatic carbocycles. The van der Waals surface area contributed by atoms with Gasteiger partial charge in [-0.15, -0.1) is 0 Å². The maximum absolute atomic E-state index is 12.1. The smallest absolute Gasteiger partial charge is 0.272 e. The summed E-state index contributed by atoms with van der Waals surface area (Å²) in [6, 6.07) is 1.99. The molecule has 0 fully saturated rings. The summed E-state index contributed by atoms with van der Waals surface area (Å²) in [6.07, 6.45) is 0.312. The summed E-state index contributed by atoms with van der Waals surface area (Å²) in [4.78, 5) is 9.66. The molecule has 0 spiro atoms. The molecule has 0 heterocycles. The van der Waals surface area contributed by atoms with E-state index in [-0.39, 0.29) is 16.0 Å². The zero-order valence-corrected chi connectivity index (χ0v) is 14.2. The lowest BCUT2D eigenvalue weighted by Crippen LogP contribution is -2.32. The van der Waals surface area contributed by atoms with Crippen molar-refractivity contribution >= 4 is 43.2 Å². The minimum absolute atomic E-state index is 0.104. The zero-order valence-electron chi connectivity index (χ0n) is 11.0. The van der Waals surface area contributed by atoms with Crippen LogP contribution in [0.3, 0.4) is 0 Å². The first kappa shape index (κ1) is 18.3. The fourth-order valence-corrected chi connectivity index (χ4v) is 3.75. The molecule has 0 aliphatic carbocycles. The quantitative estimate of drug-likeness (QED) is 0.539. The van der Waals surface area contributed by atoms with Crippen molar-refractivity contribution in [1.29, 1.82) is 0 Å². The molecule has 7 nitrogen and oxygen atoms in total. The van der Waals surface area contributed by atoms with Crippen molar-refractivity contribution < 1.29 is 18.4 Å². The summed E-state index contributed by atoms with van der Waals surface area (Å²) in [5, 5.41) is 20.2. The van der Waals surface area contributed by atoms with E-state index in [1.54, 1.807) is 0 Å². The van der Waals surface area contributed by atoms with Crippen molar-refractivity contribution in [2.45, 2.75) is 30.8 Å². The highest BCUT2D eigenvalue weighted by Gasteiger charge is 2.24. The second-order valence-corrected chi connectivity index (χ2v) is 7.26. The third-order valence-corrected chi connectivity index (χ3v) is 5.43. The molecule has 1 aromatic rings. The average Bonchev–Trinajstić information content (AvgIpc) is 2.39. The molecule has 1 rings (SSSR count).